The van der Waals surface area contributed by atoms with E-state index in [1.165, 1.54) is 11.1 Å². The number of fused-ring (bicyclic) bond motifs is 1. The second-order valence-corrected chi connectivity index (χ2v) is 5.66. The molecule has 0 aliphatic carbocycles. The van der Waals surface area contributed by atoms with Crippen LogP contribution in [-0.4, -0.2) is 17.6 Å². The number of carboxylic acid groups (broad SMARTS) is 1. The van der Waals surface area contributed by atoms with Crippen molar-refractivity contribution in [2.75, 3.05) is 11.4 Å². The molecule has 3 nitrogen and oxygen atoms in total. The van der Waals surface area contributed by atoms with E-state index >= 15 is 0 Å². The van der Waals surface area contributed by atoms with Gasteiger partial charge in [0.05, 0.1) is 11.3 Å². The molecule has 0 fully saturated rings. The van der Waals surface area contributed by atoms with Crippen LogP contribution in [-0.2, 0) is 6.42 Å². The molecular formula is C18H19NO2. The quantitative estimate of drug-likeness (QED) is 0.901. The van der Waals surface area contributed by atoms with Crippen LogP contribution >= 0.6 is 0 Å². The standard InChI is InChI=1S/C18H19NO2/c1-12-8-9-16-14(11-12)6-4-10-19(16)17-13(2)5-3-7-15(17)18(20)21/h3,5,7-9,11H,4,6,10H2,1-2H3,(H,20,21). The number of anilines is 2. The van der Waals surface area contributed by atoms with E-state index in [1.807, 2.05) is 19.1 Å². The highest BCUT2D eigenvalue weighted by Gasteiger charge is 2.23. The van der Waals surface area contributed by atoms with E-state index in [9.17, 15) is 9.90 Å². The Kier molecular flexibility index (Phi) is 3.42. The molecule has 0 saturated carbocycles. The van der Waals surface area contributed by atoms with E-state index in [1.54, 1.807) is 6.07 Å². The van der Waals surface area contributed by atoms with Crippen LogP contribution in [0.4, 0.5) is 11.4 Å². The smallest absolute Gasteiger partial charge is 0.337 e. The van der Waals surface area contributed by atoms with Gasteiger partial charge in [0.25, 0.3) is 0 Å². The lowest BCUT2D eigenvalue weighted by Crippen LogP contribution is -2.27. The first-order valence-corrected chi connectivity index (χ1v) is 7.28. The normalized spacial score (nSPS) is 13.9. The van der Waals surface area contributed by atoms with Crippen LogP contribution in [0, 0.1) is 13.8 Å². The van der Waals surface area contributed by atoms with Crippen molar-refractivity contribution in [3.8, 4) is 0 Å². The van der Waals surface area contributed by atoms with Gasteiger partial charge in [-0.3, -0.25) is 0 Å². The van der Waals surface area contributed by atoms with Crippen molar-refractivity contribution in [1.29, 1.82) is 0 Å². The Bertz CT molecular complexity index is 706. The fraction of sp³-hybridized carbons (Fsp3) is 0.278. The first-order chi connectivity index (χ1) is 10.1. The van der Waals surface area contributed by atoms with Crippen LogP contribution < -0.4 is 4.90 Å². The molecule has 1 heterocycles. The summed E-state index contributed by atoms with van der Waals surface area (Å²) in [5.41, 5.74) is 5.91. The van der Waals surface area contributed by atoms with Crippen LogP contribution in [0.25, 0.3) is 0 Å². The number of para-hydroxylation sites is 1. The van der Waals surface area contributed by atoms with Gasteiger partial charge < -0.3 is 10.0 Å². The maximum Gasteiger partial charge on any atom is 0.337 e. The predicted molar refractivity (Wildman–Crippen MR) is 84.6 cm³/mol. The van der Waals surface area contributed by atoms with Crippen molar-refractivity contribution in [2.45, 2.75) is 26.7 Å². The number of aromatic carboxylic acids is 1. The number of hydrogen-bond acceptors (Lipinski definition) is 2. The Morgan fingerprint density at radius 1 is 1.19 bits per heavy atom. The second-order valence-electron chi connectivity index (χ2n) is 5.66. The number of hydrogen-bond donors (Lipinski definition) is 1. The van der Waals surface area contributed by atoms with E-state index < -0.39 is 5.97 Å². The SMILES string of the molecule is Cc1ccc2c(c1)CCCN2c1c(C)cccc1C(=O)O. The summed E-state index contributed by atoms with van der Waals surface area (Å²) in [6.45, 7) is 4.93. The molecule has 0 radical (unpaired) electrons. The Morgan fingerprint density at radius 3 is 2.76 bits per heavy atom. The Balaban J connectivity index is 2.18. The number of rotatable bonds is 2. The monoisotopic (exact) mass is 281 g/mol. The maximum atomic E-state index is 11.6. The molecular weight excluding hydrogens is 262 g/mol. The van der Waals surface area contributed by atoms with Gasteiger partial charge in [-0.2, -0.15) is 0 Å². The Labute approximate surface area is 124 Å². The average Bonchev–Trinajstić information content (AvgIpc) is 2.46. The van der Waals surface area contributed by atoms with Crippen molar-refractivity contribution in [3.05, 3.63) is 58.7 Å². The van der Waals surface area contributed by atoms with Crippen molar-refractivity contribution in [3.63, 3.8) is 0 Å². The molecule has 3 rings (SSSR count). The van der Waals surface area contributed by atoms with E-state index in [0.717, 1.165) is 36.3 Å². The van der Waals surface area contributed by atoms with Gasteiger partial charge in [-0.25, -0.2) is 4.79 Å². The summed E-state index contributed by atoms with van der Waals surface area (Å²) in [5, 5.41) is 9.49. The van der Waals surface area contributed by atoms with Gasteiger partial charge in [0.1, 0.15) is 0 Å². The summed E-state index contributed by atoms with van der Waals surface area (Å²) in [6, 6.07) is 11.9. The van der Waals surface area contributed by atoms with E-state index in [2.05, 4.69) is 30.0 Å². The van der Waals surface area contributed by atoms with Gasteiger partial charge in [0, 0.05) is 12.2 Å². The number of nitrogens with zero attached hydrogens (tertiary/aromatic N) is 1. The minimum Gasteiger partial charge on any atom is -0.478 e. The van der Waals surface area contributed by atoms with E-state index in [4.69, 9.17) is 0 Å². The zero-order chi connectivity index (χ0) is 15.0. The molecule has 0 amide bonds. The highest BCUT2D eigenvalue weighted by Crippen LogP contribution is 2.37. The molecule has 3 heteroatoms. The summed E-state index contributed by atoms with van der Waals surface area (Å²) in [7, 11) is 0. The lowest BCUT2D eigenvalue weighted by atomic mass is 9.97. The summed E-state index contributed by atoms with van der Waals surface area (Å²) in [5.74, 6) is -0.868. The maximum absolute atomic E-state index is 11.6. The molecule has 21 heavy (non-hydrogen) atoms. The third-order valence-electron chi connectivity index (χ3n) is 4.09. The summed E-state index contributed by atoms with van der Waals surface area (Å²) >= 11 is 0. The van der Waals surface area contributed by atoms with Crippen LogP contribution in [0.1, 0.15) is 33.5 Å². The zero-order valence-corrected chi connectivity index (χ0v) is 12.4. The summed E-state index contributed by atoms with van der Waals surface area (Å²) in [6.07, 6.45) is 2.10. The molecule has 0 spiro atoms. The molecule has 0 unspecified atom stereocenters. The highest BCUT2D eigenvalue weighted by molar-refractivity contribution is 5.97. The van der Waals surface area contributed by atoms with Gasteiger partial charge in [0.15, 0.2) is 0 Å². The molecule has 2 aromatic rings. The summed E-state index contributed by atoms with van der Waals surface area (Å²) in [4.78, 5) is 13.7. The third-order valence-corrected chi connectivity index (χ3v) is 4.09. The topological polar surface area (TPSA) is 40.5 Å². The fourth-order valence-corrected chi connectivity index (χ4v) is 3.15. The van der Waals surface area contributed by atoms with Crippen molar-refractivity contribution >= 4 is 17.3 Å². The second kappa shape index (κ2) is 5.24. The van der Waals surface area contributed by atoms with Gasteiger partial charge >= 0.3 is 5.97 Å². The van der Waals surface area contributed by atoms with Crippen molar-refractivity contribution in [2.24, 2.45) is 0 Å². The third kappa shape index (κ3) is 2.40. The van der Waals surface area contributed by atoms with E-state index in [0.29, 0.717) is 5.56 Å². The molecule has 108 valence electrons. The summed E-state index contributed by atoms with van der Waals surface area (Å²) < 4.78 is 0. The van der Waals surface area contributed by atoms with Gasteiger partial charge in [0.2, 0.25) is 0 Å². The van der Waals surface area contributed by atoms with Gasteiger partial charge in [-0.15, -0.1) is 0 Å². The number of benzene rings is 2. The lowest BCUT2D eigenvalue weighted by Gasteiger charge is -2.33. The fourth-order valence-electron chi connectivity index (χ4n) is 3.15. The minimum atomic E-state index is -0.868. The molecule has 0 saturated heterocycles. The zero-order valence-electron chi connectivity index (χ0n) is 12.4. The van der Waals surface area contributed by atoms with Crippen LogP contribution in [0.3, 0.4) is 0 Å². The van der Waals surface area contributed by atoms with E-state index in [-0.39, 0.29) is 0 Å². The Hall–Kier alpha value is -2.29. The molecule has 0 bridgehead atoms. The highest BCUT2D eigenvalue weighted by atomic mass is 16.4. The van der Waals surface area contributed by atoms with Gasteiger partial charge in [-0.1, -0.05) is 29.8 Å². The molecule has 1 N–H and O–H groups in total. The Morgan fingerprint density at radius 2 is 2.00 bits per heavy atom. The largest absolute Gasteiger partial charge is 0.478 e. The molecule has 1 aliphatic rings. The van der Waals surface area contributed by atoms with Gasteiger partial charge in [-0.05, 0) is 49.9 Å². The van der Waals surface area contributed by atoms with Crippen LogP contribution in [0.2, 0.25) is 0 Å². The first-order valence-electron chi connectivity index (χ1n) is 7.28. The van der Waals surface area contributed by atoms with Crippen LogP contribution in [0.5, 0.6) is 0 Å². The molecule has 0 aromatic heterocycles. The molecule has 0 atom stereocenters. The number of aryl methyl sites for hydroxylation is 3. The van der Waals surface area contributed by atoms with Crippen molar-refractivity contribution < 1.29 is 9.90 Å². The number of carboxylic acids is 1. The van der Waals surface area contributed by atoms with Crippen molar-refractivity contribution in [1.82, 2.24) is 0 Å². The minimum absolute atomic E-state index is 0.378. The predicted octanol–water partition coefficient (Wildman–Crippen LogP) is 4.09. The molecule has 1 aliphatic heterocycles. The average molecular weight is 281 g/mol. The molecule has 2 aromatic carbocycles. The first kappa shape index (κ1) is 13.7. The lowest BCUT2D eigenvalue weighted by molar-refractivity contribution is 0.0697. The number of carbonyl (C=O) groups is 1. The van der Waals surface area contributed by atoms with Crippen LogP contribution in [0.15, 0.2) is 36.4 Å².